The summed E-state index contributed by atoms with van der Waals surface area (Å²) in [5, 5.41) is 1.06. The number of carbonyl (C=O) groups excluding carboxylic acids is 1. The largest absolute Gasteiger partial charge is 0.360 e. The lowest BCUT2D eigenvalue weighted by Crippen LogP contribution is -1.80. The monoisotopic (exact) mass is 301 g/mol. The predicted octanol–water partition coefficient (Wildman–Crippen LogP) is 3.51. The number of aromatic amines is 1. The van der Waals surface area contributed by atoms with Crippen molar-refractivity contribution in [3.05, 3.63) is 32.8 Å². The summed E-state index contributed by atoms with van der Waals surface area (Å²) in [4.78, 5) is 13.6. The minimum Gasteiger partial charge on any atom is -0.360 e. The van der Waals surface area contributed by atoms with E-state index in [1.165, 1.54) is 0 Å². The maximum Gasteiger partial charge on any atom is 0.150 e. The Kier molecular flexibility index (Phi) is 2.26. The van der Waals surface area contributed by atoms with Crippen LogP contribution in [0.2, 0.25) is 0 Å². The number of hydrogen-bond acceptors (Lipinski definition) is 1. The Hall–Kier alpha value is -0.610. The van der Waals surface area contributed by atoms with Crippen LogP contribution in [0.4, 0.5) is 0 Å². The van der Waals surface area contributed by atoms with Crippen LogP contribution in [0.15, 0.2) is 27.3 Å². The highest BCUT2D eigenvalue weighted by molar-refractivity contribution is 9.11. The van der Waals surface area contributed by atoms with Gasteiger partial charge in [-0.05, 0) is 28.1 Å². The lowest BCUT2D eigenvalue weighted by Gasteiger charge is -1.96. The third-order valence-electron chi connectivity index (χ3n) is 1.84. The molecule has 4 heteroatoms. The highest BCUT2D eigenvalue weighted by atomic mass is 79.9. The van der Waals surface area contributed by atoms with Crippen LogP contribution in [0.3, 0.4) is 0 Å². The van der Waals surface area contributed by atoms with Crippen LogP contribution in [0.25, 0.3) is 10.9 Å². The maximum absolute atomic E-state index is 10.6. The molecule has 0 bridgehead atoms. The second kappa shape index (κ2) is 3.27. The molecule has 0 aliphatic rings. The summed E-state index contributed by atoms with van der Waals surface area (Å²) in [6.07, 6.45) is 2.68. The molecule has 0 spiro atoms. The van der Waals surface area contributed by atoms with Crippen molar-refractivity contribution in [3.8, 4) is 0 Å². The molecule has 2 nitrogen and oxygen atoms in total. The first-order valence-electron chi connectivity index (χ1n) is 3.63. The predicted molar refractivity (Wildman–Crippen MR) is 59.1 cm³/mol. The van der Waals surface area contributed by atoms with Gasteiger partial charge in [0.2, 0.25) is 0 Å². The van der Waals surface area contributed by atoms with Gasteiger partial charge in [-0.3, -0.25) is 4.79 Å². The summed E-state index contributed by atoms with van der Waals surface area (Å²) in [6.45, 7) is 0. The van der Waals surface area contributed by atoms with E-state index in [0.717, 1.165) is 26.1 Å². The highest BCUT2D eigenvalue weighted by Gasteiger charge is 2.06. The van der Waals surface area contributed by atoms with E-state index in [2.05, 4.69) is 36.8 Å². The first kappa shape index (κ1) is 8.97. The number of carbonyl (C=O) groups is 1. The second-order valence-electron chi connectivity index (χ2n) is 2.68. The van der Waals surface area contributed by atoms with Crippen molar-refractivity contribution >= 4 is 49.0 Å². The van der Waals surface area contributed by atoms with E-state index in [1.54, 1.807) is 6.07 Å². The molecule has 0 unspecified atom stereocenters. The van der Waals surface area contributed by atoms with Crippen LogP contribution in [-0.2, 0) is 0 Å². The van der Waals surface area contributed by atoms with E-state index in [9.17, 15) is 4.79 Å². The standard InChI is InChI=1S/C9H5Br2NO/c10-6-1-5(4-13)2-8-9(6)7(11)3-12-8/h1-4,12H. The van der Waals surface area contributed by atoms with Crippen molar-refractivity contribution in [2.45, 2.75) is 0 Å². The van der Waals surface area contributed by atoms with Gasteiger partial charge in [0.1, 0.15) is 6.29 Å². The van der Waals surface area contributed by atoms with Gasteiger partial charge in [0.15, 0.2) is 0 Å². The van der Waals surface area contributed by atoms with E-state index in [0.29, 0.717) is 5.56 Å². The molecule has 0 amide bonds. The molecule has 1 aromatic heterocycles. The van der Waals surface area contributed by atoms with Gasteiger partial charge in [0.25, 0.3) is 0 Å². The number of fused-ring (bicyclic) bond motifs is 1. The van der Waals surface area contributed by atoms with Gasteiger partial charge in [-0.15, -0.1) is 0 Å². The van der Waals surface area contributed by atoms with Crippen molar-refractivity contribution in [3.63, 3.8) is 0 Å². The fourth-order valence-electron chi connectivity index (χ4n) is 1.27. The molecule has 0 aliphatic heterocycles. The Labute approximate surface area is 91.6 Å². The summed E-state index contributed by atoms with van der Waals surface area (Å²) in [6, 6.07) is 3.62. The minimum absolute atomic E-state index is 0.661. The number of rotatable bonds is 1. The quantitative estimate of drug-likeness (QED) is 0.804. The lowest BCUT2D eigenvalue weighted by molar-refractivity contribution is 0.112. The average Bonchev–Trinajstić information content (AvgIpc) is 2.48. The van der Waals surface area contributed by atoms with Crippen molar-refractivity contribution in [1.82, 2.24) is 4.98 Å². The number of aromatic nitrogens is 1. The molecule has 0 saturated carbocycles. The zero-order valence-corrected chi connectivity index (χ0v) is 9.65. The van der Waals surface area contributed by atoms with Crippen LogP contribution < -0.4 is 0 Å². The first-order chi connectivity index (χ1) is 6.22. The van der Waals surface area contributed by atoms with Crippen LogP contribution in [0.5, 0.6) is 0 Å². The Morgan fingerprint density at radius 1 is 1.23 bits per heavy atom. The zero-order chi connectivity index (χ0) is 9.42. The molecule has 0 aliphatic carbocycles. The van der Waals surface area contributed by atoms with Gasteiger partial charge < -0.3 is 4.98 Å². The molecule has 0 atom stereocenters. The van der Waals surface area contributed by atoms with Crippen molar-refractivity contribution in [1.29, 1.82) is 0 Å². The van der Waals surface area contributed by atoms with Gasteiger partial charge in [-0.2, -0.15) is 0 Å². The number of hydrogen-bond donors (Lipinski definition) is 1. The number of aldehydes is 1. The highest BCUT2D eigenvalue weighted by Crippen LogP contribution is 2.31. The molecule has 66 valence electrons. The van der Waals surface area contributed by atoms with E-state index >= 15 is 0 Å². The molecule has 2 rings (SSSR count). The van der Waals surface area contributed by atoms with Crippen molar-refractivity contribution in [2.24, 2.45) is 0 Å². The van der Waals surface area contributed by atoms with E-state index < -0.39 is 0 Å². The fourth-order valence-corrected chi connectivity index (χ4v) is 2.76. The summed E-state index contributed by atoms with van der Waals surface area (Å²) in [5.41, 5.74) is 1.61. The first-order valence-corrected chi connectivity index (χ1v) is 5.22. The van der Waals surface area contributed by atoms with Gasteiger partial charge in [-0.25, -0.2) is 0 Å². The molecule has 13 heavy (non-hydrogen) atoms. The van der Waals surface area contributed by atoms with E-state index in [1.807, 2.05) is 12.3 Å². The molecular formula is C9H5Br2NO. The SMILES string of the molecule is O=Cc1cc(Br)c2c(Br)c[nH]c2c1. The fraction of sp³-hybridized carbons (Fsp3) is 0. The second-order valence-corrected chi connectivity index (χ2v) is 4.39. The van der Waals surface area contributed by atoms with Crippen molar-refractivity contribution < 1.29 is 4.79 Å². The van der Waals surface area contributed by atoms with Crippen LogP contribution >= 0.6 is 31.9 Å². The van der Waals surface area contributed by atoms with Gasteiger partial charge in [-0.1, -0.05) is 15.9 Å². The molecule has 0 saturated heterocycles. The minimum atomic E-state index is 0.661. The smallest absolute Gasteiger partial charge is 0.150 e. The number of H-pyrrole nitrogens is 1. The molecule has 1 N–H and O–H groups in total. The third kappa shape index (κ3) is 1.44. The van der Waals surface area contributed by atoms with Crippen LogP contribution in [0, 0.1) is 0 Å². The number of halogens is 2. The summed E-state index contributed by atoms with van der Waals surface area (Å²) in [7, 11) is 0. The third-order valence-corrected chi connectivity index (χ3v) is 3.09. The van der Waals surface area contributed by atoms with E-state index in [4.69, 9.17) is 0 Å². The molecule has 1 aromatic carbocycles. The molecule has 0 fully saturated rings. The summed E-state index contributed by atoms with van der Waals surface area (Å²) < 4.78 is 1.91. The molecule has 2 aromatic rings. The Bertz CT molecular complexity index is 476. The van der Waals surface area contributed by atoms with E-state index in [-0.39, 0.29) is 0 Å². The van der Waals surface area contributed by atoms with Gasteiger partial charge >= 0.3 is 0 Å². The van der Waals surface area contributed by atoms with Gasteiger partial charge in [0, 0.05) is 31.6 Å². The lowest BCUT2D eigenvalue weighted by atomic mass is 10.2. The van der Waals surface area contributed by atoms with Crippen LogP contribution in [-0.4, -0.2) is 11.3 Å². The molecule has 1 heterocycles. The number of benzene rings is 1. The molecular weight excluding hydrogens is 298 g/mol. The average molecular weight is 303 g/mol. The number of nitrogens with one attached hydrogen (secondary N) is 1. The Morgan fingerprint density at radius 2 is 2.00 bits per heavy atom. The molecule has 0 radical (unpaired) electrons. The maximum atomic E-state index is 10.6. The Balaban J connectivity index is 2.86. The Morgan fingerprint density at radius 3 is 2.69 bits per heavy atom. The summed E-state index contributed by atoms with van der Waals surface area (Å²) in [5.74, 6) is 0. The van der Waals surface area contributed by atoms with Gasteiger partial charge in [0.05, 0.1) is 0 Å². The summed E-state index contributed by atoms with van der Waals surface area (Å²) >= 11 is 6.82. The van der Waals surface area contributed by atoms with Crippen LogP contribution in [0.1, 0.15) is 10.4 Å². The zero-order valence-electron chi connectivity index (χ0n) is 6.47. The topological polar surface area (TPSA) is 32.9 Å². The normalized spacial score (nSPS) is 10.6. The van der Waals surface area contributed by atoms with Crippen molar-refractivity contribution in [2.75, 3.05) is 0 Å².